The topological polar surface area (TPSA) is 103 Å². The molecule has 3 rings (SSSR count). The van der Waals surface area contributed by atoms with Crippen LogP contribution >= 0.6 is 11.8 Å². The van der Waals surface area contributed by atoms with Gasteiger partial charge in [0, 0.05) is 5.92 Å². The minimum Gasteiger partial charge on any atom is -0.368 e. The van der Waals surface area contributed by atoms with Crippen LogP contribution in [-0.4, -0.2) is 32.3 Å². The van der Waals surface area contributed by atoms with Crippen LogP contribution in [0.2, 0.25) is 0 Å². The maximum absolute atomic E-state index is 12.3. The molecule has 0 bridgehead atoms. The fourth-order valence-electron chi connectivity index (χ4n) is 2.89. The second-order valence-corrected chi connectivity index (χ2v) is 7.78. The van der Waals surface area contributed by atoms with Crippen LogP contribution in [0.1, 0.15) is 55.6 Å². The number of carbonyl (C=O) groups excluding carboxylic acids is 2. The van der Waals surface area contributed by atoms with E-state index in [9.17, 15) is 9.59 Å². The molecule has 1 aliphatic rings. The van der Waals surface area contributed by atoms with Crippen molar-refractivity contribution in [2.24, 2.45) is 5.73 Å². The molecular weight excluding hydrogens is 362 g/mol. The molecule has 1 heterocycles. The Morgan fingerprint density at radius 2 is 2.00 bits per heavy atom. The minimum atomic E-state index is -0.438. The van der Waals surface area contributed by atoms with Crippen molar-refractivity contribution in [2.45, 2.75) is 56.8 Å². The van der Waals surface area contributed by atoms with E-state index in [2.05, 4.69) is 34.6 Å². The van der Waals surface area contributed by atoms with Crippen molar-refractivity contribution in [1.82, 2.24) is 20.1 Å². The Hall–Kier alpha value is -2.35. The zero-order chi connectivity index (χ0) is 19.4. The molecule has 2 aromatic rings. The Morgan fingerprint density at radius 3 is 2.59 bits per heavy atom. The quantitative estimate of drug-likeness (QED) is 0.642. The molecule has 8 heteroatoms. The molecule has 1 aromatic heterocycles. The summed E-state index contributed by atoms with van der Waals surface area (Å²) in [6.07, 6.45) is 3.10. The SMILES string of the molecule is CCc1ccc([C@H](C)NC(=O)CSc2nnc(C3CC3)n2CC(N)=O)cc1. The van der Waals surface area contributed by atoms with Crippen LogP contribution in [0, 0.1) is 0 Å². The van der Waals surface area contributed by atoms with Gasteiger partial charge < -0.3 is 11.1 Å². The molecule has 1 atom stereocenters. The first kappa shape index (κ1) is 19.4. The average molecular weight is 388 g/mol. The van der Waals surface area contributed by atoms with Crippen LogP contribution in [-0.2, 0) is 22.6 Å². The van der Waals surface area contributed by atoms with Crippen molar-refractivity contribution in [3.63, 3.8) is 0 Å². The fourth-order valence-corrected chi connectivity index (χ4v) is 3.65. The Balaban J connectivity index is 1.57. The Bertz CT molecular complexity index is 814. The lowest BCUT2D eigenvalue weighted by Gasteiger charge is -2.15. The highest BCUT2D eigenvalue weighted by molar-refractivity contribution is 7.99. The lowest BCUT2D eigenvalue weighted by atomic mass is 10.1. The second kappa shape index (κ2) is 8.56. The van der Waals surface area contributed by atoms with Crippen LogP contribution in [0.4, 0.5) is 0 Å². The van der Waals surface area contributed by atoms with Gasteiger partial charge in [0.1, 0.15) is 12.4 Å². The van der Waals surface area contributed by atoms with Crippen LogP contribution in [0.15, 0.2) is 29.4 Å². The molecule has 0 aliphatic heterocycles. The molecular formula is C19H25N5O2S. The van der Waals surface area contributed by atoms with E-state index in [1.807, 2.05) is 19.1 Å². The summed E-state index contributed by atoms with van der Waals surface area (Å²) in [5.41, 5.74) is 7.68. The number of carbonyl (C=O) groups is 2. The Morgan fingerprint density at radius 1 is 1.30 bits per heavy atom. The summed E-state index contributed by atoms with van der Waals surface area (Å²) in [6, 6.07) is 8.18. The zero-order valence-corrected chi connectivity index (χ0v) is 16.5. The van der Waals surface area contributed by atoms with Crippen LogP contribution in [0.5, 0.6) is 0 Å². The monoisotopic (exact) mass is 387 g/mol. The molecule has 0 saturated heterocycles. The summed E-state index contributed by atoms with van der Waals surface area (Å²) in [5.74, 6) is 0.826. The van der Waals surface area contributed by atoms with E-state index in [1.165, 1.54) is 17.3 Å². The number of nitrogens with zero attached hydrogens (tertiary/aromatic N) is 3. The number of aromatic nitrogens is 3. The van der Waals surface area contributed by atoms with Crippen molar-refractivity contribution >= 4 is 23.6 Å². The average Bonchev–Trinajstić information content (AvgIpc) is 3.42. The number of aryl methyl sites for hydroxylation is 1. The van der Waals surface area contributed by atoms with Gasteiger partial charge >= 0.3 is 0 Å². The summed E-state index contributed by atoms with van der Waals surface area (Å²) in [6.45, 7) is 4.12. The highest BCUT2D eigenvalue weighted by atomic mass is 32.2. The maximum Gasteiger partial charge on any atom is 0.237 e. The number of rotatable bonds is 9. The van der Waals surface area contributed by atoms with E-state index in [1.54, 1.807) is 4.57 Å². The lowest BCUT2D eigenvalue weighted by Crippen LogP contribution is -2.28. The van der Waals surface area contributed by atoms with E-state index in [0.717, 1.165) is 30.7 Å². The number of nitrogens with two attached hydrogens (primary N) is 1. The third kappa shape index (κ3) is 5.09. The van der Waals surface area contributed by atoms with Gasteiger partial charge in [-0.05, 0) is 37.3 Å². The van der Waals surface area contributed by atoms with Crippen LogP contribution in [0.25, 0.3) is 0 Å². The summed E-state index contributed by atoms with van der Waals surface area (Å²) in [7, 11) is 0. The Labute approximate surface area is 163 Å². The molecule has 0 spiro atoms. The number of amides is 2. The van der Waals surface area contributed by atoms with Gasteiger partial charge in [-0.1, -0.05) is 43.0 Å². The molecule has 2 amide bonds. The van der Waals surface area contributed by atoms with E-state index in [0.29, 0.717) is 11.1 Å². The van der Waals surface area contributed by atoms with Gasteiger partial charge in [-0.3, -0.25) is 14.2 Å². The van der Waals surface area contributed by atoms with E-state index in [-0.39, 0.29) is 24.2 Å². The number of primary amides is 1. The van der Waals surface area contributed by atoms with Gasteiger partial charge in [-0.25, -0.2) is 0 Å². The largest absolute Gasteiger partial charge is 0.368 e. The Kier molecular flexibility index (Phi) is 6.15. The highest BCUT2D eigenvalue weighted by Crippen LogP contribution is 2.40. The van der Waals surface area contributed by atoms with E-state index in [4.69, 9.17) is 5.73 Å². The molecule has 27 heavy (non-hydrogen) atoms. The molecule has 0 radical (unpaired) electrons. The zero-order valence-electron chi connectivity index (χ0n) is 15.6. The van der Waals surface area contributed by atoms with Crippen molar-refractivity contribution in [3.05, 3.63) is 41.2 Å². The molecule has 0 unspecified atom stereocenters. The molecule has 7 nitrogen and oxygen atoms in total. The molecule has 1 aromatic carbocycles. The van der Waals surface area contributed by atoms with Gasteiger partial charge in [0.25, 0.3) is 0 Å². The third-order valence-corrected chi connectivity index (χ3v) is 5.57. The van der Waals surface area contributed by atoms with Gasteiger partial charge in [-0.2, -0.15) is 0 Å². The molecule has 1 saturated carbocycles. The third-order valence-electron chi connectivity index (χ3n) is 4.60. The first-order valence-electron chi connectivity index (χ1n) is 9.20. The minimum absolute atomic E-state index is 0.0446. The predicted molar refractivity (Wildman–Crippen MR) is 104 cm³/mol. The molecule has 144 valence electrons. The number of benzene rings is 1. The molecule has 3 N–H and O–H groups in total. The van der Waals surface area contributed by atoms with Gasteiger partial charge in [-0.15, -0.1) is 10.2 Å². The second-order valence-electron chi connectivity index (χ2n) is 6.84. The number of hydrogen-bond donors (Lipinski definition) is 2. The van der Waals surface area contributed by atoms with Crippen molar-refractivity contribution in [2.75, 3.05) is 5.75 Å². The fraction of sp³-hybridized carbons (Fsp3) is 0.474. The first-order valence-corrected chi connectivity index (χ1v) is 10.2. The summed E-state index contributed by atoms with van der Waals surface area (Å²) < 4.78 is 1.74. The predicted octanol–water partition coefficient (Wildman–Crippen LogP) is 2.17. The summed E-state index contributed by atoms with van der Waals surface area (Å²) >= 11 is 1.28. The number of nitrogens with one attached hydrogen (secondary N) is 1. The van der Waals surface area contributed by atoms with E-state index >= 15 is 0 Å². The summed E-state index contributed by atoms with van der Waals surface area (Å²) in [5, 5.41) is 11.9. The van der Waals surface area contributed by atoms with Crippen molar-refractivity contribution in [3.8, 4) is 0 Å². The summed E-state index contributed by atoms with van der Waals surface area (Å²) in [4.78, 5) is 23.7. The maximum atomic E-state index is 12.3. The van der Waals surface area contributed by atoms with Crippen molar-refractivity contribution in [1.29, 1.82) is 0 Å². The smallest absolute Gasteiger partial charge is 0.237 e. The van der Waals surface area contributed by atoms with E-state index < -0.39 is 5.91 Å². The lowest BCUT2D eigenvalue weighted by molar-refractivity contribution is -0.119. The van der Waals surface area contributed by atoms with Crippen LogP contribution < -0.4 is 11.1 Å². The van der Waals surface area contributed by atoms with Gasteiger partial charge in [0.2, 0.25) is 11.8 Å². The molecule has 1 fully saturated rings. The molecule has 1 aliphatic carbocycles. The first-order chi connectivity index (χ1) is 13.0. The number of hydrogen-bond acceptors (Lipinski definition) is 5. The van der Waals surface area contributed by atoms with Gasteiger partial charge in [0.15, 0.2) is 5.16 Å². The standard InChI is InChI=1S/C19H25N5O2S/c1-3-13-4-6-14(7-5-13)12(2)21-17(26)11-27-19-23-22-18(15-8-9-15)24(19)10-16(20)25/h4-7,12,15H,3,8-11H2,1-2H3,(H2,20,25)(H,21,26)/t12-/m0/s1. The number of thioether (sulfide) groups is 1. The van der Waals surface area contributed by atoms with Crippen molar-refractivity contribution < 1.29 is 9.59 Å². The highest BCUT2D eigenvalue weighted by Gasteiger charge is 2.31. The van der Waals surface area contributed by atoms with Crippen LogP contribution in [0.3, 0.4) is 0 Å². The van der Waals surface area contributed by atoms with Gasteiger partial charge in [0.05, 0.1) is 11.8 Å². The normalized spacial score (nSPS) is 14.7.